The number of H-pyrrole nitrogens is 1. The summed E-state index contributed by atoms with van der Waals surface area (Å²) in [7, 11) is 0. The third-order valence-corrected chi connectivity index (χ3v) is 3.26. The fourth-order valence-electron chi connectivity index (χ4n) is 1.69. The lowest BCUT2D eigenvalue weighted by Gasteiger charge is -2.24. The Bertz CT molecular complexity index is 377. The van der Waals surface area contributed by atoms with E-state index >= 15 is 0 Å². The van der Waals surface area contributed by atoms with Crippen molar-refractivity contribution in [3.63, 3.8) is 0 Å². The van der Waals surface area contributed by atoms with Crippen molar-refractivity contribution in [1.82, 2.24) is 10.3 Å². The van der Waals surface area contributed by atoms with Gasteiger partial charge in [0, 0.05) is 23.9 Å². The molecule has 1 saturated carbocycles. The van der Waals surface area contributed by atoms with E-state index in [1.165, 1.54) is 0 Å². The van der Waals surface area contributed by atoms with Gasteiger partial charge >= 0.3 is 0 Å². The maximum Gasteiger partial charge on any atom is 0.240 e. The first-order valence-corrected chi connectivity index (χ1v) is 5.65. The average molecular weight is 221 g/mol. The number of carbonyl (C=O) groups excluding carboxylic acids is 1. The topological polar surface area (TPSA) is 70.9 Å². The largest absolute Gasteiger partial charge is 0.364 e. The van der Waals surface area contributed by atoms with Gasteiger partial charge in [-0.25, -0.2) is 0 Å². The van der Waals surface area contributed by atoms with Crippen LogP contribution in [0, 0.1) is 0 Å². The molecule has 88 valence electrons. The van der Waals surface area contributed by atoms with Crippen molar-refractivity contribution in [2.24, 2.45) is 5.73 Å². The van der Waals surface area contributed by atoms with Gasteiger partial charge in [0.25, 0.3) is 0 Å². The van der Waals surface area contributed by atoms with Crippen LogP contribution in [0.4, 0.5) is 0 Å². The SMILES string of the molecule is CC(C)(CNC(=O)C1(N)CC1)c1ccc[nH]1. The number of carbonyl (C=O) groups is 1. The number of aromatic nitrogens is 1. The molecule has 0 radical (unpaired) electrons. The lowest BCUT2D eigenvalue weighted by Crippen LogP contribution is -2.46. The van der Waals surface area contributed by atoms with Gasteiger partial charge in [-0.05, 0) is 25.0 Å². The van der Waals surface area contributed by atoms with E-state index in [1.807, 2.05) is 18.3 Å². The highest BCUT2D eigenvalue weighted by Gasteiger charge is 2.46. The number of hydrogen-bond acceptors (Lipinski definition) is 2. The molecule has 0 saturated heterocycles. The summed E-state index contributed by atoms with van der Waals surface area (Å²) in [5.41, 5.74) is 6.27. The first-order chi connectivity index (χ1) is 7.44. The van der Waals surface area contributed by atoms with E-state index in [1.54, 1.807) is 0 Å². The molecule has 0 aromatic carbocycles. The van der Waals surface area contributed by atoms with Crippen LogP contribution in [-0.4, -0.2) is 23.0 Å². The number of hydrogen-bond donors (Lipinski definition) is 3. The molecule has 0 unspecified atom stereocenters. The Hall–Kier alpha value is -1.29. The Balaban J connectivity index is 1.92. The monoisotopic (exact) mass is 221 g/mol. The van der Waals surface area contributed by atoms with Gasteiger partial charge in [-0.3, -0.25) is 4.79 Å². The van der Waals surface area contributed by atoms with Crippen LogP contribution in [0.5, 0.6) is 0 Å². The maximum absolute atomic E-state index is 11.7. The molecule has 1 aliphatic carbocycles. The van der Waals surface area contributed by atoms with E-state index in [4.69, 9.17) is 5.73 Å². The van der Waals surface area contributed by atoms with Crippen molar-refractivity contribution in [3.8, 4) is 0 Å². The van der Waals surface area contributed by atoms with E-state index in [0.29, 0.717) is 6.54 Å². The molecule has 0 bridgehead atoms. The quantitative estimate of drug-likeness (QED) is 0.707. The van der Waals surface area contributed by atoms with Crippen LogP contribution in [0.25, 0.3) is 0 Å². The summed E-state index contributed by atoms with van der Waals surface area (Å²) < 4.78 is 0. The molecule has 1 fully saturated rings. The van der Waals surface area contributed by atoms with E-state index in [9.17, 15) is 4.79 Å². The van der Waals surface area contributed by atoms with Crippen LogP contribution in [0.1, 0.15) is 32.4 Å². The molecule has 4 heteroatoms. The Morgan fingerprint density at radius 2 is 2.31 bits per heavy atom. The van der Waals surface area contributed by atoms with Crippen LogP contribution in [0.2, 0.25) is 0 Å². The predicted molar refractivity (Wildman–Crippen MR) is 63.0 cm³/mol. The molecule has 0 atom stereocenters. The lowest BCUT2D eigenvalue weighted by atomic mass is 9.89. The molecule has 16 heavy (non-hydrogen) atoms. The minimum Gasteiger partial charge on any atom is -0.364 e. The summed E-state index contributed by atoms with van der Waals surface area (Å²) in [6.07, 6.45) is 3.51. The van der Waals surface area contributed by atoms with Crippen molar-refractivity contribution >= 4 is 5.91 Å². The summed E-state index contributed by atoms with van der Waals surface area (Å²) in [5, 5.41) is 2.93. The average Bonchev–Trinajstić information content (AvgIpc) is 2.80. The fourth-order valence-corrected chi connectivity index (χ4v) is 1.69. The zero-order valence-corrected chi connectivity index (χ0v) is 9.84. The Kier molecular flexibility index (Phi) is 2.54. The predicted octanol–water partition coefficient (Wildman–Crippen LogP) is 0.900. The minimum atomic E-state index is -0.578. The van der Waals surface area contributed by atoms with Gasteiger partial charge in [0.05, 0.1) is 5.54 Å². The van der Waals surface area contributed by atoms with Crippen LogP contribution in [-0.2, 0) is 10.2 Å². The van der Waals surface area contributed by atoms with Crippen molar-refractivity contribution in [2.75, 3.05) is 6.54 Å². The summed E-state index contributed by atoms with van der Waals surface area (Å²) >= 11 is 0. The lowest BCUT2D eigenvalue weighted by molar-refractivity contribution is -0.123. The molecule has 1 amide bonds. The number of rotatable bonds is 4. The number of amides is 1. The molecular formula is C12H19N3O. The first kappa shape index (κ1) is 11.2. The molecule has 1 aromatic heterocycles. The molecule has 1 heterocycles. The molecule has 0 spiro atoms. The Morgan fingerprint density at radius 1 is 1.62 bits per heavy atom. The van der Waals surface area contributed by atoms with Crippen LogP contribution < -0.4 is 11.1 Å². The summed E-state index contributed by atoms with van der Waals surface area (Å²) in [6.45, 7) is 4.79. The number of nitrogens with two attached hydrogens (primary N) is 1. The van der Waals surface area contributed by atoms with E-state index in [-0.39, 0.29) is 11.3 Å². The van der Waals surface area contributed by atoms with E-state index in [0.717, 1.165) is 18.5 Å². The van der Waals surface area contributed by atoms with E-state index < -0.39 is 5.54 Å². The van der Waals surface area contributed by atoms with Gasteiger partial charge in [0.1, 0.15) is 0 Å². The zero-order valence-electron chi connectivity index (χ0n) is 9.84. The van der Waals surface area contributed by atoms with Gasteiger partial charge in [0.15, 0.2) is 0 Å². The Morgan fingerprint density at radius 3 is 2.81 bits per heavy atom. The second-order valence-corrected chi connectivity index (χ2v) is 5.31. The second-order valence-electron chi connectivity index (χ2n) is 5.31. The summed E-state index contributed by atoms with van der Waals surface area (Å²) in [4.78, 5) is 14.9. The van der Waals surface area contributed by atoms with Crippen molar-refractivity contribution < 1.29 is 4.79 Å². The third-order valence-electron chi connectivity index (χ3n) is 3.26. The molecular weight excluding hydrogens is 202 g/mol. The highest BCUT2D eigenvalue weighted by atomic mass is 16.2. The molecule has 1 aliphatic rings. The number of aromatic amines is 1. The van der Waals surface area contributed by atoms with Gasteiger partial charge in [-0.2, -0.15) is 0 Å². The fraction of sp³-hybridized carbons (Fsp3) is 0.583. The van der Waals surface area contributed by atoms with Gasteiger partial charge in [-0.15, -0.1) is 0 Å². The zero-order chi connectivity index (χ0) is 11.8. The standard InChI is InChI=1S/C12H19N3O/c1-11(2,9-4-3-7-14-9)8-15-10(16)12(13)5-6-12/h3-4,7,14H,5-6,8,13H2,1-2H3,(H,15,16). The Labute approximate surface area is 95.6 Å². The highest BCUT2D eigenvalue weighted by molar-refractivity contribution is 5.89. The summed E-state index contributed by atoms with van der Waals surface area (Å²) in [5.74, 6) is -0.0212. The normalized spacial score (nSPS) is 18.2. The van der Waals surface area contributed by atoms with Crippen molar-refractivity contribution in [1.29, 1.82) is 0 Å². The maximum atomic E-state index is 11.7. The highest BCUT2D eigenvalue weighted by Crippen LogP contribution is 2.32. The molecule has 4 nitrogen and oxygen atoms in total. The van der Waals surface area contributed by atoms with Crippen molar-refractivity contribution in [2.45, 2.75) is 37.6 Å². The summed E-state index contributed by atoms with van der Waals surface area (Å²) in [6, 6.07) is 3.99. The van der Waals surface area contributed by atoms with Crippen LogP contribution in [0.15, 0.2) is 18.3 Å². The molecule has 2 rings (SSSR count). The molecule has 1 aromatic rings. The van der Waals surface area contributed by atoms with Gasteiger partial charge < -0.3 is 16.0 Å². The van der Waals surface area contributed by atoms with Gasteiger partial charge in [-0.1, -0.05) is 13.8 Å². The van der Waals surface area contributed by atoms with E-state index in [2.05, 4.69) is 24.1 Å². The minimum absolute atomic E-state index is 0.0212. The van der Waals surface area contributed by atoms with Gasteiger partial charge in [0.2, 0.25) is 5.91 Å². The van der Waals surface area contributed by atoms with Crippen LogP contribution in [0.3, 0.4) is 0 Å². The second kappa shape index (κ2) is 3.63. The third kappa shape index (κ3) is 2.11. The van der Waals surface area contributed by atoms with Crippen LogP contribution >= 0.6 is 0 Å². The number of nitrogens with one attached hydrogen (secondary N) is 2. The molecule has 0 aliphatic heterocycles. The van der Waals surface area contributed by atoms with Crippen molar-refractivity contribution in [3.05, 3.63) is 24.0 Å². The smallest absolute Gasteiger partial charge is 0.240 e. The first-order valence-electron chi connectivity index (χ1n) is 5.65. The molecule has 4 N–H and O–H groups in total.